The van der Waals surface area contributed by atoms with Crippen LogP contribution in [0.15, 0.2) is 23.2 Å². The van der Waals surface area contributed by atoms with Crippen LogP contribution in [0.4, 0.5) is 5.69 Å². The molecular weight excluding hydrogens is 304 g/mol. The van der Waals surface area contributed by atoms with E-state index in [0.717, 1.165) is 30.8 Å². The van der Waals surface area contributed by atoms with E-state index in [-0.39, 0.29) is 0 Å². The van der Waals surface area contributed by atoms with Gasteiger partial charge in [0.15, 0.2) is 17.5 Å². The molecule has 1 aromatic rings. The molecular formula is C18H30N4O2. The van der Waals surface area contributed by atoms with Crippen LogP contribution in [-0.4, -0.2) is 57.3 Å². The summed E-state index contributed by atoms with van der Waals surface area (Å²) in [5.41, 5.74) is 0.906. The van der Waals surface area contributed by atoms with E-state index in [9.17, 15) is 0 Å². The Bertz CT molecular complexity index is 554. The fraction of sp³-hybridized carbons (Fsp3) is 0.611. The maximum atomic E-state index is 5.33. The molecule has 0 heterocycles. The van der Waals surface area contributed by atoms with Gasteiger partial charge in [-0.3, -0.25) is 9.89 Å². The van der Waals surface area contributed by atoms with E-state index in [0.29, 0.717) is 17.5 Å². The summed E-state index contributed by atoms with van der Waals surface area (Å²) in [5.74, 6) is 2.15. The summed E-state index contributed by atoms with van der Waals surface area (Å²) in [4.78, 5) is 6.84. The fourth-order valence-electron chi connectivity index (χ4n) is 2.80. The lowest BCUT2D eigenvalue weighted by atomic mass is 10.2. The average molecular weight is 334 g/mol. The molecule has 1 fully saturated rings. The van der Waals surface area contributed by atoms with Gasteiger partial charge in [0.25, 0.3) is 0 Å². The van der Waals surface area contributed by atoms with Crippen molar-refractivity contribution >= 4 is 11.6 Å². The molecule has 0 saturated heterocycles. The van der Waals surface area contributed by atoms with Crippen LogP contribution in [0, 0.1) is 0 Å². The van der Waals surface area contributed by atoms with Gasteiger partial charge >= 0.3 is 0 Å². The Morgan fingerprint density at radius 2 is 1.96 bits per heavy atom. The van der Waals surface area contributed by atoms with Crippen molar-refractivity contribution in [3.8, 4) is 11.5 Å². The van der Waals surface area contributed by atoms with Gasteiger partial charge in [-0.2, -0.15) is 0 Å². The zero-order chi connectivity index (χ0) is 17.5. The Labute approximate surface area is 145 Å². The Morgan fingerprint density at radius 3 is 2.50 bits per heavy atom. The zero-order valence-electron chi connectivity index (χ0n) is 15.4. The van der Waals surface area contributed by atoms with E-state index in [1.807, 2.05) is 18.2 Å². The molecule has 0 unspecified atom stereocenters. The van der Waals surface area contributed by atoms with Crippen LogP contribution in [0.25, 0.3) is 0 Å². The molecule has 2 rings (SSSR count). The van der Waals surface area contributed by atoms with Crippen molar-refractivity contribution < 1.29 is 9.47 Å². The van der Waals surface area contributed by atoms with E-state index < -0.39 is 0 Å². The second-order valence-electron chi connectivity index (χ2n) is 6.26. The lowest BCUT2D eigenvalue weighted by molar-refractivity contribution is 0.215. The molecule has 1 aliphatic rings. The minimum absolute atomic E-state index is 0.583. The number of guanidine groups is 1. The second kappa shape index (κ2) is 8.78. The van der Waals surface area contributed by atoms with Gasteiger partial charge < -0.3 is 20.1 Å². The minimum Gasteiger partial charge on any atom is -0.493 e. The van der Waals surface area contributed by atoms with Gasteiger partial charge in [0, 0.05) is 44.0 Å². The molecule has 0 spiro atoms. The van der Waals surface area contributed by atoms with Crippen molar-refractivity contribution in [1.29, 1.82) is 0 Å². The molecule has 6 heteroatoms. The molecule has 2 N–H and O–H groups in total. The normalized spacial score (nSPS) is 14.9. The first-order valence-corrected chi connectivity index (χ1v) is 8.54. The van der Waals surface area contributed by atoms with Gasteiger partial charge in [-0.1, -0.05) is 0 Å². The third-order valence-electron chi connectivity index (χ3n) is 4.21. The van der Waals surface area contributed by atoms with Crippen molar-refractivity contribution in [2.24, 2.45) is 4.99 Å². The SMILES string of the molecule is CN=C(NCCN(C(C)C)C1CC1)Nc1ccc(OC)c(OC)c1. The number of hydrogen-bond acceptors (Lipinski definition) is 4. The topological polar surface area (TPSA) is 58.1 Å². The number of anilines is 1. The molecule has 0 atom stereocenters. The predicted octanol–water partition coefficient (Wildman–Crippen LogP) is 2.56. The van der Waals surface area contributed by atoms with Crippen LogP contribution in [0.3, 0.4) is 0 Å². The third-order valence-corrected chi connectivity index (χ3v) is 4.21. The molecule has 6 nitrogen and oxygen atoms in total. The Balaban J connectivity index is 1.88. The number of benzene rings is 1. The zero-order valence-corrected chi connectivity index (χ0v) is 15.4. The van der Waals surface area contributed by atoms with Crippen molar-refractivity contribution in [1.82, 2.24) is 10.2 Å². The summed E-state index contributed by atoms with van der Waals surface area (Å²) >= 11 is 0. The van der Waals surface area contributed by atoms with Crippen LogP contribution in [0.5, 0.6) is 11.5 Å². The van der Waals surface area contributed by atoms with E-state index in [1.165, 1.54) is 12.8 Å². The molecule has 24 heavy (non-hydrogen) atoms. The number of rotatable bonds is 8. The highest BCUT2D eigenvalue weighted by molar-refractivity contribution is 5.93. The number of methoxy groups -OCH3 is 2. The smallest absolute Gasteiger partial charge is 0.195 e. The molecule has 1 aliphatic carbocycles. The first kappa shape index (κ1) is 18.4. The van der Waals surface area contributed by atoms with Gasteiger partial charge in [0.1, 0.15) is 0 Å². The van der Waals surface area contributed by atoms with Gasteiger partial charge in [-0.05, 0) is 38.8 Å². The summed E-state index contributed by atoms with van der Waals surface area (Å²) < 4.78 is 10.6. The molecule has 0 radical (unpaired) electrons. The van der Waals surface area contributed by atoms with Gasteiger partial charge in [-0.25, -0.2) is 0 Å². The molecule has 0 aromatic heterocycles. The molecule has 0 aliphatic heterocycles. The maximum Gasteiger partial charge on any atom is 0.195 e. The lowest BCUT2D eigenvalue weighted by Gasteiger charge is -2.26. The van der Waals surface area contributed by atoms with Crippen LogP contribution in [-0.2, 0) is 0 Å². The minimum atomic E-state index is 0.583. The molecule has 0 bridgehead atoms. The predicted molar refractivity (Wildman–Crippen MR) is 99.4 cm³/mol. The van der Waals surface area contributed by atoms with E-state index in [4.69, 9.17) is 9.47 Å². The van der Waals surface area contributed by atoms with Crippen LogP contribution in [0.2, 0.25) is 0 Å². The molecule has 1 saturated carbocycles. The van der Waals surface area contributed by atoms with Crippen molar-refractivity contribution in [2.75, 3.05) is 39.7 Å². The molecule has 0 amide bonds. The molecule has 134 valence electrons. The lowest BCUT2D eigenvalue weighted by Crippen LogP contribution is -2.41. The number of aliphatic imine (C=N–C) groups is 1. The standard InChI is InChI=1S/C18H30N4O2/c1-13(2)22(15-7-8-15)11-10-20-18(19-3)21-14-6-9-16(23-4)17(12-14)24-5/h6,9,12-13,15H,7-8,10-11H2,1-5H3,(H2,19,20,21). The Morgan fingerprint density at radius 1 is 1.25 bits per heavy atom. The highest BCUT2D eigenvalue weighted by Crippen LogP contribution is 2.30. The fourth-order valence-corrected chi connectivity index (χ4v) is 2.80. The summed E-state index contributed by atoms with van der Waals surface area (Å²) in [6.07, 6.45) is 2.66. The van der Waals surface area contributed by atoms with Crippen molar-refractivity contribution in [3.63, 3.8) is 0 Å². The number of ether oxygens (including phenoxy) is 2. The molecule has 1 aromatic carbocycles. The summed E-state index contributed by atoms with van der Waals surface area (Å²) in [6.45, 7) is 6.40. The highest BCUT2D eigenvalue weighted by Gasteiger charge is 2.30. The van der Waals surface area contributed by atoms with Crippen molar-refractivity contribution in [3.05, 3.63) is 18.2 Å². The van der Waals surface area contributed by atoms with Crippen LogP contribution in [0.1, 0.15) is 26.7 Å². The quantitative estimate of drug-likeness (QED) is 0.565. The first-order chi connectivity index (χ1) is 11.6. The summed E-state index contributed by atoms with van der Waals surface area (Å²) in [7, 11) is 5.04. The average Bonchev–Trinajstić information content (AvgIpc) is 3.41. The second-order valence-corrected chi connectivity index (χ2v) is 6.26. The summed E-state index contributed by atoms with van der Waals surface area (Å²) in [6, 6.07) is 7.07. The maximum absolute atomic E-state index is 5.33. The van der Waals surface area contributed by atoms with E-state index >= 15 is 0 Å². The highest BCUT2D eigenvalue weighted by atomic mass is 16.5. The Kier molecular flexibility index (Phi) is 6.73. The largest absolute Gasteiger partial charge is 0.493 e. The van der Waals surface area contributed by atoms with Gasteiger partial charge in [-0.15, -0.1) is 0 Å². The number of nitrogens with one attached hydrogen (secondary N) is 2. The van der Waals surface area contributed by atoms with Crippen molar-refractivity contribution in [2.45, 2.75) is 38.8 Å². The number of hydrogen-bond donors (Lipinski definition) is 2. The number of nitrogens with zero attached hydrogens (tertiary/aromatic N) is 2. The van der Waals surface area contributed by atoms with Gasteiger partial charge in [0.2, 0.25) is 0 Å². The third kappa shape index (κ3) is 5.03. The van der Waals surface area contributed by atoms with Gasteiger partial charge in [0.05, 0.1) is 14.2 Å². The van der Waals surface area contributed by atoms with E-state index in [2.05, 4.69) is 34.4 Å². The van der Waals surface area contributed by atoms with Crippen LogP contribution >= 0.6 is 0 Å². The summed E-state index contributed by atoms with van der Waals surface area (Å²) in [5, 5.41) is 6.66. The first-order valence-electron chi connectivity index (χ1n) is 8.54. The monoisotopic (exact) mass is 334 g/mol. The Hall–Kier alpha value is -1.95. The van der Waals surface area contributed by atoms with Crippen LogP contribution < -0.4 is 20.1 Å². The van der Waals surface area contributed by atoms with E-state index in [1.54, 1.807) is 21.3 Å².